The first-order valence-electron chi connectivity index (χ1n) is 6.06. The van der Waals surface area contributed by atoms with Gasteiger partial charge in [-0.1, -0.05) is 0 Å². The first-order valence-corrected chi connectivity index (χ1v) is 6.06. The SMILES string of the molecule is O=C(NC1CCNCC1)[C@@H]1CC[C@H](C(=O)O)O1. The minimum atomic E-state index is -0.984. The van der Waals surface area contributed by atoms with Crippen LogP contribution in [-0.2, 0) is 14.3 Å². The third-order valence-electron chi connectivity index (χ3n) is 3.27. The first kappa shape index (κ1) is 12.3. The third-order valence-corrected chi connectivity index (χ3v) is 3.27. The minimum absolute atomic E-state index is 0.166. The topological polar surface area (TPSA) is 87.7 Å². The van der Waals surface area contributed by atoms with E-state index in [9.17, 15) is 9.59 Å². The van der Waals surface area contributed by atoms with Crippen LogP contribution in [0.3, 0.4) is 0 Å². The molecule has 17 heavy (non-hydrogen) atoms. The number of aliphatic carboxylic acids is 1. The van der Waals surface area contributed by atoms with Gasteiger partial charge in [0.2, 0.25) is 5.91 Å². The summed E-state index contributed by atoms with van der Waals surface area (Å²) >= 11 is 0. The Morgan fingerprint density at radius 2 is 1.76 bits per heavy atom. The summed E-state index contributed by atoms with van der Waals surface area (Å²) in [5, 5.41) is 14.9. The smallest absolute Gasteiger partial charge is 0.332 e. The maximum atomic E-state index is 11.8. The second-order valence-electron chi connectivity index (χ2n) is 4.56. The number of piperidine rings is 1. The highest BCUT2D eigenvalue weighted by atomic mass is 16.5. The number of carbonyl (C=O) groups is 2. The van der Waals surface area contributed by atoms with Crippen molar-refractivity contribution in [1.29, 1.82) is 0 Å². The molecule has 2 rings (SSSR count). The molecule has 0 aromatic carbocycles. The number of carboxylic acid groups (broad SMARTS) is 1. The molecule has 2 aliphatic heterocycles. The summed E-state index contributed by atoms with van der Waals surface area (Å²) in [5.74, 6) is -1.15. The number of rotatable bonds is 3. The van der Waals surface area contributed by atoms with E-state index in [4.69, 9.17) is 9.84 Å². The van der Waals surface area contributed by atoms with Gasteiger partial charge in [0.1, 0.15) is 6.10 Å². The van der Waals surface area contributed by atoms with Crippen molar-refractivity contribution < 1.29 is 19.4 Å². The van der Waals surface area contributed by atoms with E-state index in [1.165, 1.54) is 0 Å². The van der Waals surface area contributed by atoms with Crippen molar-refractivity contribution in [1.82, 2.24) is 10.6 Å². The van der Waals surface area contributed by atoms with E-state index >= 15 is 0 Å². The molecule has 2 saturated heterocycles. The fourth-order valence-corrected chi connectivity index (χ4v) is 2.27. The van der Waals surface area contributed by atoms with E-state index in [-0.39, 0.29) is 11.9 Å². The maximum Gasteiger partial charge on any atom is 0.332 e. The quantitative estimate of drug-likeness (QED) is 0.620. The Hall–Kier alpha value is -1.14. The number of carbonyl (C=O) groups excluding carboxylic acids is 1. The van der Waals surface area contributed by atoms with Gasteiger partial charge >= 0.3 is 5.97 Å². The van der Waals surface area contributed by atoms with Crippen LogP contribution >= 0.6 is 0 Å². The molecule has 0 saturated carbocycles. The molecule has 0 aromatic rings. The van der Waals surface area contributed by atoms with Crippen LogP contribution < -0.4 is 10.6 Å². The first-order chi connectivity index (χ1) is 8.16. The highest BCUT2D eigenvalue weighted by molar-refractivity contribution is 5.82. The molecule has 0 unspecified atom stereocenters. The molecular weight excluding hydrogens is 224 g/mol. The van der Waals surface area contributed by atoms with Gasteiger partial charge < -0.3 is 20.5 Å². The molecule has 1 amide bonds. The standard InChI is InChI=1S/C11H18N2O4/c14-10(13-7-3-5-12-6-4-7)8-1-2-9(17-8)11(15)16/h7-9,12H,1-6H2,(H,13,14)(H,15,16)/t8-,9+/m0/s1. The van der Waals surface area contributed by atoms with E-state index in [1.54, 1.807) is 0 Å². The molecule has 2 atom stereocenters. The van der Waals surface area contributed by atoms with Gasteiger partial charge in [-0.2, -0.15) is 0 Å². The van der Waals surface area contributed by atoms with E-state index < -0.39 is 18.2 Å². The predicted octanol–water partition coefficient (Wildman–Crippen LogP) is -0.513. The molecule has 2 aliphatic rings. The van der Waals surface area contributed by atoms with Crippen LogP contribution in [0.1, 0.15) is 25.7 Å². The van der Waals surface area contributed by atoms with Gasteiger partial charge in [-0.3, -0.25) is 4.79 Å². The molecule has 0 spiro atoms. The number of carboxylic acids is 1. The van der Waals surface area contributed by atoms with Crippen LogP contribution in [-0.4, -0.2) is 48.3 Å². The third kappa shape index (κ3) is 3.17. The lowest BCUT2D eigenvalue weighted by Gasteiger charge is -2.24. The van der Waals surface area contributed by atoms with Crippen molar-refractivity contribution in [3.8, 4) is 0 Å². The Kier molecular flexibility index (Phi) is 3.96. The molecular formula is C11H18N2O4. The summed E-state index contributed by atoms with van der Waals surface area (Å²) < 4.78 is 5.20. The monoisotopic (exact) mass is 242 g/mol. The number of hydrogen-bond acceptors (Lipinski definition) is 4. The van der Waals surface area contributed by atoms with Crippen molar-refractivity contribution in [3.05, 3.63) is 0 Å². The van der Waals surface area contributed by atoms with E-state index in [1.807, 2.05) is 0 Å². The number of hydrogen-bond donors (Lipinski definition) is 3. The molecule has 6 nitrogen and oxygen atoms in total. The minimum Gasteiger partial charge on any atom is -0.479 e. The highest BCUT2D eigenvalue weighted by Gasteiger charge is 2.35. The van der Waals surface area contributed by atoms with Crippen LogP contribution in [0.25, 0.3) is 0 Å². The van der Waals surface area contributed by atoms with Crippen molar-refractivity contribution >= 4 is 11.9 Å². The number of amides is 1. The van der Waals surface area contributed by atoms with Crippen LogP contribution in [0.4, 0.5) is 0 Å². The Labute approximate surface area is 99.7 Å². The zero-order valence-corrected chi connectivity index (χ0v) is 9.65. The fourth-order valence-electron chi connectivity index (χ4n) is 2.27. The van der Waals surface area contributed by atoms with Crippen LogP contribution in [0.15, 0.2) is 0 Å². The Morgan fingerprint density at radius 1 is 1.12 bits per heavy atom. The summed E-state index contributed by atoms with van der Waals surface area (Å²) in [6.45, 7) is 1.82. The highest BCUT2D eigenvalue weighted by Crippen LogP contribution is 2.20. The van der Waals surface area contributed by atoms with Gasteiger partial charge in [0.15, 0.2) is 6.10 Å². The Bertz CT molecular complexity index is 302. The van der Waals surface area contributed by atoms with Gasteiger partial charge in [-0.15, -0.1) is 0 Å². The van der Waals surface area contributed by atoms with Gasteiger partial charge in [-0.25, -0.2) is 4.79 Å². The van der Waals surface area contributed by atoms with Crippen molar-refractivity contribution in [2.75, 3.05) is 13.1 Å². The van der Waals surface area contributed by atoms with Gasteiger partial charge in [0.05, 0.1) is 0 Å². The molecule has 2 fully saturated rings. The zero-order valence-electron chi connectivity index (χ0n) is 9.65. The summed E-state index contributed by atoms with van der Waals surface area (Å²) in [6.07, 6.45) is 1.33. The average Bonchev–Trinajstić information content (AvgIpc) is 2.79. The molecule has 0 aromatic heterocycles. The molecule has 0 bridgehead atoms. The van der Waals surface area contributed by atoms with Gasteiger partial charge in [0.25, 0.3) is 0 Å². The van der Waals surface area contributed by atoms with Gasteiger partial charge in [0, 0.05) is 6.04 Å². The van der Waals surface area contributed by atoms with Crippen LogP contribution in [0, 0.1) is 0 Å². The maximum absolute atomic E-state index is 11.8. The molecule has 2 heterocycles. The van der Waals surface area contributed by atoms with E-state index in [0.29, 0.717) is 12.8 Å². The lowest BCUT2D eigenvalue weighted by Crippen LogP contribution is -2.46. The normalized spacial score (nSPS) is 30.1. The summed E-state index contributed by atoms with van der Waals surface area (Å²) in [5.41, 5.74) is 0. The molecule has 0 radical (unpaired) electrons. The lowest BCUT2D eigenvalue weighted by molar-refractivity contribution is -0.151. The second kappa shape index (κ2) is 5.46. The number of nitrogens with one attached hydrogen (secondary N) is 2. The summed E-state index contributed by atoms with van der Waals surface area (Å²) in [4.78, 5) is 22.5. The molecule has 96 valence electrons. The lowest BCUT2D eigenvalue weighted by atomic mass is 10.1. The summed E-state index contributed by atoms with van der Waals surface area (Å²) in [6, 6.07) is 0.191. The van der Waals surface area contributed by atoms with Crippen LogP contribution in [0.5, 0.6) is 0 Å². The molecule has 3 N–H and O–H groups in total. The van der Waals surface area contributed by atoms with Crippen LogP contribution in [0.2, 0.25) is 0 Å². The van der Waals surface area contributed by atoms with Crippen molar-refractivity contribution in [2.24, 2.45) is 0 Å². The van der Waals surface area contributed by atoms with E-state index in [2.05, 4.69) is 10.6 Å². The summed E-state index contributed by atoms with van der Waals surface area (Å²) in [7, 11) is 0. The number of ether oxygens (including phenoxy) is 1. The Morgan fingerprint density at radius 3 is 2.35 bits per heavy atom. The predicted molar refractivity (Wildman–Crippen MR) is 59.6 cm³/mol. The zero-order chi connectivity index (χ0) is 12.3. The van der Waals surface area contributed by atoms with Gasteiger partial charge in [-0.05, 0) is 38.8 Å². The van der Waals surface area contributed by atoms with E-state index in [0.717, 1.165) is 25.9 Å². The fraction of sp³-hybridized carbons (Fsp3) is 0.818. The molecule has 0 aliphatic carbocycles. The van der Waals surface area contributed by atoms with Crippen molar-refractivity contribution in [3.63, 3.8) is 0 Å². The second-order valence-corrected chi connectivity index (χ2v) is 4.56. The molecule has 6 heteroatoms. The van der Waals surface area contributed by atoms with Crippen molar-refractivity contribution in [2.45, 2.75) is 43.9 Å². The average molecular weight is 242 g/mol. The largest absolute Gasteiger partial charge is 0.479 e. The Balaban J connectivity index is 1.78.